The van der Waals surface area contributed by atoms with Crippen molar-refractivity contribution in [1.29, 1.82) is 0 Å². The summed E-state index contributed by atoms with van der Waals surface area (Å²) in [6.07, 6.45) is 2.58. The van der Waals surface area contributed by atoms with Crippen molar-refractivity contribution in [2.45, 2.75) is 44.4 Å². The van der Waals surface area contributed by atoms with E-state index in [1.165, 1.54) is 17.0 Å². The van der Waals surface area contributed by atoms with Crippen molar-refractivity contribution >= 4 is 27.9 Å². The summed E-state index contributed by atoms with van der Waals surface area (Å²) in [6, 6.07) is 7.80. The van der Waals surface area contributed by atoms with Gasteiger partial charge in [0.05, 0.1) is 10.7 Å². The van der Waals surface area contributed by atoms with E-state index in [4.69, 9.17) is 17.3 Å². The topological polar surface area (TPSA) is 74.4 Å². The number of aliphatic hydroxyl groups excluding tert-OH is 1. The van der Waals surface area contributed by atoms with Crippen LogP contribution in [0.5, 0.6) is 0 Å². The molecule has 1 saturated heterocycles. The minimum absolute atomic E-state index is 0.0278. The number of halogens is 1. The molecule has 0 spiro atoms. The molecule has 5 nitrogen and oxygen atoms in total. The van der Waals surface area contributed by atoms with Gasteiger partial charge in [-0.05, 0) is 42.0 Å². The summed E-state index contributed by atoms with van der Waals surface area (Å²) >= 11 is 7.69. The number of aliphatic hydroxyl groups is 1. The van der Waals surface area contributed by atoms with Crippen molar-refractivity contribution in [2.75, 3.05) is 24.5 Å². The molecule has 4 N–H and O–H groups in total. The molecule has 7 heteroatoms. The number of rotatable bonds is 7. The molecule has 2 unspecified atom stereocenters. The van der Waals surface area contributed by atoms with E-state index in [9.17, 15) is 5.11 Å². The van der Waals surface area contributed by atoms with Crippen LogP contribution in [0, 0.1) is 0 Å². The van der Waals surface area contributed by atoms with Crippen LogP contribution in [0.4, 0.5) is 5.00 Å². The molecule has 1 fully saturated rings. The highest BCUT2D eigenvalue weighted by atomic mass is 35.5. The molecule has 0 amide bonds. The fourth-order valence-electron chi connectivity index (χ4n) is 3.36. The quantitative estimate of drug-likeness (QED) is 0.629. The van der Waals surface area contributed by atoms with Gasteiger partial charge in [0.15, 0.2) is 0 Å². The van der Waals surface area contributed by atoms with Gasteiger partial charge >= 0.3 is 0 Å². The van der Waals surface area contributed by atoms with Gasteiger partial charge in [-0.1, -0.05) is 31.0 Å². The summed E-state index contributed by atoms with van der Waals surface area (Å²) in [5.41, 5.74) is 8.40. The molecule has 1 aliphatic heterocycles. The standard InChI is InChI=1S/C19H27ClN4OS/c1-2-4-13-9-19(26-12-13)24-8-7-15(14(21)11-24)22-10-17(25)16-5-3-6-18(20)23-16/h3,5-6,9,12,14-15,17,22,25H,2,4,7-8,10-11,21H2,1H3/t14?,15?,17-/m1/s1. The summed E-state index contributed by atoms with van der Waals surface area (Å²) in [5.74, 6) is 0. The molecule has 0 saturated carbocycles. The molecule has 3 heterocycles. The summed E-state index contributed by atoms with van der Waals surface area (Å²) in [7, 11) is 0. The van der Waals surface area contributed by atoms with Crippen molar-refractivity contribution in [3.63, 3.8) is 0 Å². The largest absolute Gasteiger partial charge is 0.385 e. The summed E-state index contributed by atoms with van der Waals surface area (Å²) in [4.78, 5) is 6.54. The highest BCUT2D eigenvalue weighted by Crippen LogP contribution is 2.28. The molecular weight excluding hydrogens is 368 g/mol. The summed E-state index contributed by atoms with van der Waals surface area (Å²) in [5, 5.41) is 17.7. The Morgan fingerprint density at radius 2 is 2.35 bits per heavy atom. The van der Waals surface area contributed by atoms with Gasteiger partial charge in [0.1, 0.15) is 11.3 Å². The van der Waals surface area contributed by atoms with Crippen LogP contribution >= 0.6 is 22.9 Å². The first-order valence-corrected chi connectivity index (χ1v) is 10.4. The lowest BCUT2D eigenvalue weighted by molar-refractivity contribution is 0.161. The van der Waals surface area contributed by atoms with Crippen LogP contribution in [0.2, 0.25) is 5.15 Å². The Kier molecular flexibility index (Phi) is 6.89. The lowest BCUT2D eigenvalue weighted by Crippen LogP contribution is -2.57. The van der Waals surface area contributed by atoms with Crippen LogP contribution in [-0.2, 0) is 6.42 Å². The van der Waals surface area contributed by atoms with E-state index >= 15 is 0 Å². The molecule has 26 heavy (non-hydrogen) atoms. The second-order valence-corrected chi connectivity index (χ2v) is 8.13. The zero-order valence-corrected chi connectivity index (χ0v) is 16.6. The SMILES string of the molecule is CCCc1csc(N2CCC(NC[C@@H](O)c3cccc(Cl)n3)C(N)C2)c1. The van der Waals surface area contributed by atoms with Crippen molar-refractivity contribution < 1.29 is 5.11 Å². The number of nitrogens with one attached hydrogen (secondary N) is 1. The number of piperidine rings is 1. The summed E-state index contributed by atoms with van der Waals surface area (Å²) < 4.78 is 0. The Morgan fingerprint density at radius 1 is 1.50 bits per heavy atom. The Hall–Kier alpha value is -1.18. The number of nitrogens with two attached hydrogens (primary N) is 1. The van der Waals surface area contributed by atoms with Crippen molar-refractivity contribution in [3.05, 3.63) is 46.1 Å². The molecule has 0 aromatic carbocycles. The van der Waals surface area contributed by atoms with E-state index < -0.39 is 6.10 Å². The van der Waals surface area contributed by atoms with E-state index in [1.807, 2.05) is 0 Å². The van der Waals surface area contributed by atoms with E-state index in [0.717, 1.165) is 25.9 Å². The third-order valence-electron chi connectivity index (χ3n) is 4.80. The number of thiophene rings is 1. The van der Waals surface area contributed by atoms with E-state index in [2.05, 4.69) is 33.6 Å². The van der Waals surface area contributed by atoms with Gasteiger partial charge in [-0.2, -0.15) is 0 Å². The molecule has 0 bridgehead atoms. The van der Waals surface area contributed by atoms with Gasteiger partial charge < -0.3 is 21.1 Å². The molecule has 2 aromatic heterocycles. The molecule has 0 radical (unpaired) electrons. The number of nitrogens with zero attached hydrogens (tertiary/aromatic N) is 2. The molecule has 3 atom stereocenters. The van der Waals surface area contributed by atoms with Crippen LogP contribution in [0.25, 0.3) is 0 Å². The first kappa shape index (κ1) is 19.6. The average Bonchev–Trinajstić information content (AvgIpc) is 3.09. The van der Waals surface area contributed by atoms with Crippen molar-refractivity contribution in [2.24, 2.45) is 5.73 Å². The maximum absolute atomic E-state index is 10.3. The van der Waals surface area contributed by atoms with Crippen molar-refractivity contribution in [1.82, 2.24) is 10.3 Å². The molecule has 142 valence electrons. The highest BCUT2D eigenvalue weighted by molar-refractivity contribution is 7.14. The Morgan fingerprint density at radius 3 is 3.08 bits per heavy atom. The average molecular weight is 395 g/mol. The molecule has 3 rings (SSSR count). The maximum Gasteiger partial charge on any atom is 0.129 e. The minimum Gasteiger partial charge on any atom is -0.385 e. The van der Waals surface area contributed by atoms with Crippen LogP contribution in [0.15, 0.2) is 29.6 Å². The Labute approximate surface area is 164 Å². The number of hydrogen-bond donors (Lipinski definition) is 3. The number of pyridine rings is 1. The highest BCUT2D eigenvalue weighted by Gasteiger charge is 2.27. The zero-order valence-electron chi connectivity index (χ0n) is 15.1. The van der Waals surface area contributed by atoms with E-state index in [0.29, 0.717) is 17.4 Å². The van der Waals surface area contributed by atoms with Crippen LogP contribution < -0.4 is 16.0 Å². The summed E-state index contributed by atoms with van der Waals surface area (Å²) in [6.45, 7) is 4.43. The predicted octanol–water partition coefficient (Wildman–Crippen LogP) is 2.98. The van der Waals surface area contributed by atoms with Gasteiger partial charge in [-0.15, -0.1) is 11.3 Å². The molecule has 1 aliphatic rings. The first-order chi connectivity index (χ1) is 12.6. The monoisotopic (exact) mass is 394 g/mol. The van der Waals surface area contributed by atoms with Gasteiger partial charge in [0.2, 0.25) is 0 Å². The molecule has 0 aliphatic carbocycles. The molecule has 2 aromatic rings. The number of aromatic nitrogens is 1. The lowest BCUT2D eigenvalue weighted by Gasteiger charge is -2.38. The van der Waals surface area contributed by atoms with E-state index in [-0.39, 0.29) is 12.1 Å². The fourth-order valence-corrected chi connectivity index (χ4v) is 4.52. The fraction of sp³-hybridized carbons (Fsp3) is 0.526. The van der Waals surface area contributed by atoms with E-state index in [1.54, 1.807) is 29.5 Å². The number of aryl methyl sites for hydroxylation is 1. The normalized spacial score (nSPS) is 21.8. The minimum atomic E-state index is -0.687. The first-order valence-electron chi connectivity index (χ1n) is 9.18. The Balaban J connectivity index is 1.50. The smallest absolute Gasteiger partial charge is 0.129 e. The number of anilines is 1. The second kappa shape index (κ2) is 9.15. The predicted molar refractivity (Wildman–Crippen MR) is 109 cm³/mol. The van der Waals surface area contributed by atoms with Crippen molar-refractivity contribution in [3.8, 4) is 0 Å². The van der Waals surface area contributed by atoms with Crippen LogP contribution in [-0.4, -0.2) is 41.8 Å². The van der Waals surface area contributed by atoms with Gasteiger partial charge in [0.25, 0.3) is 0 Å². The molecular formula is C19H27ClN4OS. The van der Waals surface area contributed by atoms with Gasteiger partial charge in [0, 0.05) is 31.7 Å². The van der Waals surface area contributed by atoms with Crippen LogP contribution in [0.1, 0.15) is 37.1 Å². The third kappa shape index (κ3) is 4.96. The van der Waals surface area contributed by atoms with Crippen LogP contribution in [0.3, 0.4) is 0 Å². The number of hydrogen-bond acceptors (Lipinski definition) is 6. The lowest BCUT2D eigenvalue weighted by atomic mass is 9.99. The zero-order chi connectivity index (χ0) is 18.5. The maximum atomic E-state index is 10.3. The van der Waals surface area contributed by atoms with Gasteiger partial charge in [-0.25, -0.2) is 4.98 Å². The second-order valence-electron chi connectivity index (χ2n) is 6.86. The third-order valence-corrected chi connectivity index (χ3v) is 6.05. The van der Waals surface area contributed by atoms with Gasteiger partial charge in [-0.3, -0.25) is 0 Å². The Bertz CT molecular complexity index is 710.